The van der Waals surface area contributed by atoms with E-state index in [1.807, 2.05) is 7.05 Å². The molecule has 2 unspecified atom stereocenters. The van der Waals surface area contributed by atoms with Gasteiger partial charge in [0.25, 0.3) is 5.91 Å². The third kappa shape index (κ3) is 3.81. The molecule has 5 nitrogen and oxygen atoms in total. The molecule has 0 heterocycles. The smallest absolute Gasteiger partial charge is 0.253 e. The van der Waals surface area contributed by atoms with Gasteiger partial charge in [0.2, 0.25) is 10.0 Å². The molecule has 6 heteroatoms. The summed E-state index contributed by atoms with van der Waals surface area (Å²) in [5.74, 6) is 0.383. The molecule has 0 radical (unpaired) electrons. The number of carbonyl (C=O) groups excluding carboxylic acids is 1. The van der Waals surface area contributed by atoms with Crippen molar-refractivity contribution in [3.05, 3.63) is 29.8 Å². The van der Waals surface area contributed by atoms with Crippen molar-refractivity contribution >= 4 is 15.9 Å². The first-order valence-corrected chi connectivity index (χ1v) is 10.3. The molecule has 0 aromatic heterocycles. The Morgan fingerprint density at radius 3 is 2.54 bits per heavy atom. The first kappa shape index (κ1) is 17.4. The Morgan fingerprint density at radius 2 is 1.88 bits per heavy atom. The number of rotatable bonds is 5. The predicted octanol–water partition coefficient (Wildman–Crippen LogP) is 2.78. The van der Waals surface area contributed by atoms with Gasteiger partial charge in [-0.15, -0.1) is 0 Å². The largest absolute Gasteiger partial charge is 0.338 e. The van der Waals surface area contributed by atoms with E-state index in [0.717, 1.165) is 32.1 Å². The van der Waals surface area contributed by atoms with E-state index in [4.69, 9.17) is 0 Å². The number of nitrogens with one attached hydrogen (secondary N) is 1. The molecule has 2 aliphatic rings. The Balaban J connectivity index is 1.78. The van der Waals surface area contributed by atoms with Crippen LogP contribution in [0.5, 0.6) is 0 Å². The number of amides is 1. The normalized spacial score (nSPS) is 24.6. The molecule has 0 bridgehead atoms. The summed E-state index contributed by atoms with van der Waals surface area (Å²) in [5.41, 5.74) is 0.439. The zero-order valence-electron chi connectivity index (χ0n) is 14.4. The van der Waals surface area contributed by atoms with Crippen molar-refractivity contribution < 1.29 is 13.2 Å². The van der Waals surface area contributed by atoms with Crippen LogP contribution in [0.1, 0.15) is 55.8 Å². The van der Waals surface area contributed by atoms with Crippen LogP contribution in [0, 0.1) is 5.92 Å². The molecule has 1 aromatic rings. The maximum atomic E-state index is 12.8. The molecular formula is C18H26N2O3S. The number of hydrogen-bond acceptors (Lipinski definition) is 3. The zero-order chi connectivity index (χ0) is 17.3. The summed E-state index contributed by atoms with van der Waals surface area (Å²) < 4.78 is 27.3. The number of hydrogen-bond donors (Lipinski definition) is 1. The summed E-state index contributed by atoms with van der Waals surface area (Å²) in [6.07, 6.45) is 6.31. The molecule has 2 saturated carbocycles. The summed E-state index contributed by atoms with van der Waals surface area (Å²) in [6.45, 7) is 2.19. The first-order chi connectivity index (χ1) is 11.4. The van der Waals surface area contributed by atoms with E-state index in [0.29, 0.717) is 11.5 Å². The molecule has 2 atom stereocenters. The monoisotopic (exact) mass is 350 g/mol. The van der Waals surface area contributed by atoms with Gasteiger partial charge in [0.15, 0.2) is 0 Å². The van der Waals surface area contributed by atoms with Crippen LogP contribution < -0.4 is 4.72 Å². The maximum Gasteiger partial charge on any atom is 0.253 e. The van der Waals surface area contributed by atoms with Crippen molar-refractivity contribution in [2.75, 3.05) is 7.05 Å². The lowest BCUT2D eigenvalue weighted by atomic mass is 9.85. The van der Waals surface area contributed by atoms with Crippen molar-refractivity contribution in [2.24, 2.45) is 5.92 Å². The van der Waals surface area contributed by atoms with Crippen LogP contribution in [0.4, 0.5) is 0 Å². The molecule has 0 spiro atoms. The van der Waals surface area contributed by atoms with Crippen molar-refractivity contribution in [3.63, 3.8) is 0 Å². The van der Waals surface area contributed by atoms with Gasteiger partial charge < -0.3 is 4.90 Å². The molecule has 3 rings (SSSR count). The SMILES string of the molecule is CC1CCCCC1N(C)C(=O)c1cccc(S(=O)(=O)NC2CC2)c1. The van der Waals surface area contributed by atoms with Gasteiger partial charge in [-0.25, -0.2) is 13.1 Å². The Hall–Kier alpha value is -1.40. The highest BCUT2D eigenvalue weighted by Crippen LogP contribution is 2.28. The summed E-state index contributed by atoms with van der Waals surface area (Å²) in [5, 5.41) is 0. The lowest BCUT2D eigenvalue weighted by Crippen LogP contribution is -2.42. The number of nitrogens with zero attached hydrogens (tertiary/aromatic N) is 1. The Kier molecular flexibility index (Phi) is 4.97. The highest BCUT2D eigenvalue weighted by Gasteiger charge is 2.30. The van der Waals surface area contributed by atoms with Gasteiger partial charge in [0, 0.05) is 24.7 Å². The summed E-state index contributed by atoms with van der Waals surface area (Å²) >= 11 is 0. The average Bonchev–Trinajstić information content (AvgIpc) is 3.37. The van der Waals surface area contributed by atoms with Gasteiger partial charge in [-0.05, 0) is 49.8 Å². The van der Waals surface area contributed by atoms with E-state index in [9.17, 15) is 13.2 Å². The molecule has 1 aromatic carbocycles. The quantitative estimate of drug-likeness (QED) is 0.888. The van der Waals surface area contributed by atoms with Crippen molar-refractivity contribution in [2.45, 2.75) is 62.4 Å². The van der Waals surface area contributed by atoms with Crippen molar-refractivity contribution in [3.8, 4) is 0 Å². The van der Waals surface area contributed by atoms with E-state index >= 15 is 0 Å². The van der Waals surface area contributed by atoms with E-state index in [2.05, 4.69) is 11.6 Å². The van der Waals surface area contributed by atoms with Crippen LogP contribution in [0.15, 0.2) is 29.2 Å². The van der Waals surface area contributed by atoms with Crippen molar-refractivity contribution in [1.29, 1.82) is 0 Å². The third-order valence-corrected chi connectivity index (χ3v) is 6.69. The van der Waals surface area contributed by atoms with Crippen LogP contribution in [-0.4, -0.2) is 38.4 Å². The standard InChI is InChI=1S/C18H26N2O3S/c1-13-6-3-4-9-17(13)20(2)18(21)14-7-5-8-16(12-14)24(22,23)19-15-10-11-15/h5,7-8,12-13,15,17,19H,3-4,6,9-11H2,1-2H3. The van der Waals surface area contributed by atoms with Gasteiger partial charge in [-0.2, -0.15) is 0 Å². The molecular weight excluding hydrogens is 324 g/mol. The fourth-order valence-corrected chi connectivity index (χ4v) is 4.86. The van der Waals surface area contributed by atoms with Crippen LogP contribution in [0.2, 0.25) is 0 Å². The van der Waals surface area contributed by atoms with Crippen LogP contribution in [0.25, 0.3) is 0 Å². The van der Waals surface area contributed by atoms with Crippen molar-refractivity contribution in [1.82, 2.24) is 9.62 Å². The van der Waals surface area contributed by atoms with Gasteiger partial charge >= 0.3 is 0 Å². The van der Waals surface area contributed by atoms with Gasteiger partial charge in [-0.1, -0.05) is 25.8 Å². The minimum Gasteiger partial charge on any atom is -0.338 e. The lowest BCUT2D eigenvalue weighted by molar-refractivity contribution is 0.0628. The van der Waals surface area contributed by atoms with Gasteiger partial charge in [0.1, 0.15) is 0 Å². The molecule has 0 aliphatic heterocycles. The molecule has 2 fully saturated rings. The topological polar surface area (TPSA) is 66.5 Å². The molecule has 24 heavy (non-hydrogen) atoms. The Morgan fingerprint density at radius 1 is 1.17 bits per heavy atom. The minimum absolute atomic E-state index is 0.0557. The second-order valence-electron chi connectivity index (χ2n) is 7.17. The van der Waals surface area contributed by atoms with Gasteiger partial charge in [0.05, 0.1) is 4.90 Å². The number of carbonyl (C=O) groups is 1. The average molecular weight is 350 g/mol. The van der Waals surface area contributed by atoms with E-state index in [1.165, 1.54) is 12.5 Å². The summed E-state index contributed by atoms with van der Waals surface area (Å²) in [6, 6.07) is 6.67. The molecule has 1 N–H and O–H groups in total. The minimum atomic E-state index is -3.54. The number of sulfonamides is 1. The predicted molar refractivity (Wildman–Crippen MR) is 93.3 cm³/mol. The lowest BCUT2D eigenvalue weighted by Gasteiger charge is -2.36. The Labute approximate surface area is 144 Å². The van der Waals surface area contributed by atoms with Crippen LogP contribution >= 0.6 is 0 Å². The molecule has 132 valence electrons. The fourth-order valence-electron chi connectivity index (χ4n) is 3.51. The highest BCUT2D eigenvalue weighted by molar-refractivity contribution is 7.89. The highest BCUT2D eigenvalue weighted by atomic mass is 32.2. The second-order valence-corrected chi connectivity index (χ2v) is 8.88. The van der Waals surface area contributed by atoms with E-state index in [-0.39, 0.29) is 22.9 Å². The second kappa shape index (κ2) is 6.84. The third-order valence-electron chi connectivity index (χ3n) is 5.17. The van der Waals surface area contributed by atoms with Crippen LogP contribution in [0.3, 0.4) is 0 Å². The molecule has 1 amide bonds. The fraction of sp³-hybridized carbons (Fsp3) is 0.611. The first-order valence-electron chi connectivity index (χ1n) is 8.78. The molecule has 2 aliphatic carbocycles. The summed E-state index contributed by atoms with van der Waals surface area (Å²) in [4.78, 5) is 14.8. The van der Waals surface area contributed by atoms with E-state index < -0.39 is 10.0 Å². The van der Waals surface area contributed by atoms with Crippen LogP contribution in [-0.2, 0) is 10.0 Å². The van der Waals surface area contributed by atoms with Gasteiger partial charge in [-0.3, -0.25) is 4.79 Å². The zero-order valence-corrected chi connectivity index (χ0v) is 15.2. The van der Waals surface area contributed by atoms with E-state index in [1.54, 1.807) is 23.1 Å². The maximum absolute atomic E-state index is 12.8. The Bertz CT molecular complexity index is 713. The summed E-state index contributed by atoms with van der Waals surface area (Å²) in [7, 11) is -1.70. The number of benzene rings is 1. The molecule has 0 saturated heterocycles.